The van der Waals surface area contributed by atoms with Gasteiger partial charge >= 0.3 is 5.97 Å². The summed E-state index contributed by atoms with van der Waals surface area (Å²) >= 11 is 0. The third-order valence-corrected chi connectivity index (χ3v) is 4.92. The van der Waals surface area contributed by atoms with Crippen LogP contribution in [0.1, 0.15) is 60.8 Å². The number of hydrogen-bond donors (Lipinski definition) is 2. The van der Waals surface area contributed by atoms with Gasteiger partial charge in [0, 0.05) is 11.5 Å². The standard InChI is InChI=1S/C22H25N3O4/c1-13(2)29-20-16(14-8-10-28-11-9-14)4-3-5-17(20)25-21-19(22(26)27)24-18(12-23-21)15-6-7-15/h3-5,8,12-13,15H,6-7,9-11H2,1-2H3,(H,23,25)(H,26,27). The fourth-order valence-electron chi connectivity index (χ4n) is 3.37. The molecule has 1 fully saturated rings. The van der Waals surface area contributed by atoms with Crippen LogP contribution in [0.4, 0.5) is 11.5 Å². The largest absolute Gasteiger partial charge is 0.488 e. The number of benzene rings is 1. The van der Waals surface area contributed by atoms with Gasteiger partial charge in [-0.3, -0.25) is 0 Å². The molecule has 0 atom stereocenters. The molecule has 0 unspecified atom stereocenters. The smallest absolute Gasteiger partial charge is 0.358 e. The van der Waals surface area contributed by atoms with Gasteiger partial charge in [0.25, 0.3) is 0 Å². The summed E-state index contributed by atoms with van der Waals surface area (Å²) in [4.78, 5) is 20.5. The number of ether oxygens (including phenoxy) is 2. The number of rotatable bonds is 7. The Morgan fingerprint density at radius 1 is 1.34 bits per heavy atom. The van der Waals surface area contributed by atoms with Crippen LogP contribution in [0.2, 0.25) is 0 Å². The van der Waals surface area contributed by atoms with Crippen LogP contribution in [0.15, 0.2) is 30.5 Å². The van der Waals surface area contributed by atoms with E-state index in [1.165, 1.54) is 0 Å². The van der Waals surface area contributed by atoms with E-state index >= 15 is 0 Å². The van der Waals surface area contributed by atoms with Crippen LogP contribution in [0, 0.1) is 0 Å². The number of para-hydroxylation sites is 1. The van der Waals surface area contributed by atoms with Crippen molar-refractivity contribution in [1.29, 1.82) is 0 Å². The first kappa shape index (κ1) is 19.4. The summed E-state index contributed by atoms with van der Waals surface area (Å²) in [6.07, 6.45) is 6.55. The Morgan fingerprint density at radius 3 is 2.83 bits per heavy atom. The summed E-state index contributed by atoms with van der Waals surface area (Å²) in [5.74, 6) is 0.129. The monoisotopic (exact) mass is 395 g/mol. The summed E-state index contributed by atoms with van der Waals surface area (Å²) in [5, 5.41) is 12.8. The van der Waals surface area contributed by atoms with Crippen molar-refractivity contribution >= 4 is 23.0 Å². The van der Waals surface area contributed by atoms with E-state index in [1.807, 2.05) is 32.0 Å². The first-order chi connectivity index (χ1) is 14.0. The topological polar surface area (TPSA) is 93.6 Å². The Labute approximate surface area is 169 Å². The Hall–Kier alpha value is -2.93. The van der Waals surface area contributed by atoms with Gasteiger partial charge in [-0.05, 0) is 44.7 Å². The molecule has 2 N–H and O–H groups in total. The predicted molar refractivity (Wildman–Crippen MR) is 110 cm³/mol. The van der Waals surface area contributed by atoms with Crippen LogP contribution in [-0.2, 0) is 4.74 Å². The van der Waals surface area contributed by atoms with Gasteiger partial charge in [-0.25, -0.2) is 14.8 Å². The highest BCUT2D eigenvalue weighted by atomic mass is 16.5. The molecule has 152 valence electrons. The van der Waals surface area contributed by atoms with Crippen molar-refractivity contribution in [3.63, 3.8) is 0 Å². The normalized spacial score (nSPS) is 16.4. The van der Waals surface area contributed by atoms with Crippen LogP contribution in [0.3, 0.4) is 0 Å². The maximum absolute atomic E-state index is 11.8. The number of anilines is 2. The number of hydrogen-bond acceptors (Lipinski definition) is 6. The van der Waals surface area contributed by atoms with Crippen LogP contribution in [0.25, 0.3) is 5.57 Å². The molecular weight excluding hydrogens is 370 g/mol. The van der Waals surface area contributed by atoms with Crippen molar-refractivity contribution in [3.8, 4) is 5.75 Å². The summed E-state index contributed by atoms with van der Waals surface area (Å²) < 4.78 is 11.6. The quantitative estimate of drug-likeness (QED) is 0.718. The molecule has 1 aliphatic carbocycles. The van der Waals surface area contributed by atoms with Gasteiger partial charge in [-0.1, -0.05) is 18.2 Å². The van der Waals surface area contributed by atoms with E-state index in [9.17, 15) is 9.90 Å². The molecule has 1 aromatic heterocycles. The van der Waals surface area contributed by atoms with Crippen LogP contribution in [0.5, 0.6) is 5.75 Å². The maximum Gasteiger partial charge on any atom is 0.358 e. The molecule has 2 heterocycles. The molecular formula is C22H25N3O4. The number of carboxylic acid groups (broad SMARTS) is 1. The Kier molecular flexibility index (Phi) is 5.49. The van der Waals surface area contributed by atoms with E-state index in [0.717, 1.165) is 36.1 Å². The predicted octanol–water partition coefficient (Wildman–Crippen LogP) is 4.39. The first-order valence-electron chi connectivity index (χ1n) is 9.97. The lowest BCUT2D eigenvalue weighted by atomic mass is 9.99. The highest BCUT2D eigenvalue weighted by Gasteiger charge is 2.28. The number of carbonyl (C=O) groups is 1. The zero-order valence-electron chi connectivity index (χ0n) is 16.6. The highest BCUT2D eigenvalue weighted by molar-refractivity contribution is 5.92. The minimum absolute atomic E-state index is 0.0422. The Morgan fingerprint density at radius 2 is 2.17 bits per heavy atom. The molecule has 2 aromatic rings. The van der Waals surface area contributed by atoms with Crippen LogP contribution >= 0.6 is 0 Å². The van der Waals surface area contributed by atoms with Crippen molar-refractivity contribution in [2.45, 2.75) is 45.1 Å². The van der Waals surface area contributed by atoms with Gasteiger partial charge in [0.2, 0.25) is 0 Å². The van der Waals surface area contributed by atoms with E-state index in [0.29, 0.717) is 30.6 Å². The van der Waals surface area contributed by atoms with Crippen molar-refractivity contribution in [3.05, 3.63) is 47.4 Å². The molecule has 0 spiro atoms. The number of carboxylic acids is 1. The number of nitrogens with one attached hydrogen (secondary N) is 1. The van der Waals surface area contributed by atoms with Crippen molar-refractivity contribution in [2.24, 2.45) is 0 Å². The number of nitrogens with zero attached hydrogens (tertiary/aromatic N) is 2. The molecule has 1 aromatic carbocycles. The summed E-state index contributed by atoms with van der Waals surface area (Å²) in [5.41, 5.74) is 3.48. The Bertz CT molecular complexity index is 951. The van der Waals surface area contributed by atoms with Gasteiger partial charge in [0.15, 0.2) is 17.3 Å². The first-order valence-corrected chi connectivity index (χ1v) is 9.97. The molecule has 29 heavy (non-hydrogen) atoms. The average molecular weight is 395 g/mol. The summed E-state index contributed by atoms with van der Waals surface area (Å²) in [6, 6.07) is 5.80. The fourth-order valence-corrected chi connectivity index (χ4v) is 3.37. The number of aromatic carboxylic acids is 1. The second-order valence-corrected chi connectivity index (χ2v) is 7.60. The van der Waals surface area contributed by atoms with Crippen molar-refractivity contribution in [1.82, 2.24) is 9.97 Å². The minimum atomic E-state index is -1.10. The van der Waals surface area contributed by atoms with E-state index in [2.05, 4.69) is 21.4 Å². The average Bonchev–Trinajstić information content (AvgIpc) is 3.55. The molecule has 0 amide bonds. The van der Waals surface area contributed by atoms with Crippen molar-refractivity contribution < 1.29 is 19.4 Å². The second kappa shape index (κ2) is 8.21. The molecule has 0 saturated heterocycles. The zero-order valence-corrected chi connectivity index (χ0v) is 16.6. The lowest BCUT2D eigenvalue weighted by Crippen LogP contribution is -2.13. The van der Waals surface area contributed by atoms with Crippen LogP contribution in [-0.4, -0.2) is 40.4 Å². The van der Waals surface area contributed by atoms with Gasteiger partial charge in [-0.2, -0.15) is 0 Å². The minimum Gasteiger partial charge on any atom is -0.488 e. The van der Waals surface area contributed by atoms with Gasteiger partial charge < -0.3 is 19.9 Å². The molecule has 0 radical (unpaired) electrons. The summed E-state index contributed by atoms with van der Waals surface area (Å²) in [7, 11) is 0. The maximum atomic E-state index is 11.8. The third kappa shape index (κ3) is 4.40. The van der Waals surface area contributed by atoms with E-state index < -0.39 is 5.97 Å². The molecule has 0 bridgehead atoms. The molecule has 2 aliphatic rings. The second-order valence-electron chi connectivity index (χ2n) is 7.60. The molecule has 4 rings (SSSR count). The van der Waals surface area contributed by atoms with Gasteiger partial charge in [0.05, 0.1) is 36.9 Å². The summed E-state index contributed by atoms with van der Waals surface area (Å²) in [6.45, 7) is 5.17. The number of aromatic nitrogens is 2. The SMILES string of the molecule is CC(C)Oc1c(Nc2ncc(C3CC3)nc2C(=O)O)cccc1C1=CCOCC1. The fraction of sp³-hybridized carbons (Fsp3) is 0.409. The Balaban J connectivity index is 1.73. The van der Waals surface area contributed by atoms with Gasteiger partial charge in [-0.15, -0.1) is 0 Å². The van der Waals surface area contributed by atoms with E-state index in [1.54, 1.807) is 6.20 Å². The van der Waals surface area contributed by atoms with Crippen LogP contribution < -0.4 is 10.1 Å². The highest BCUT2D eigenvalue weighted by Crippen LogP contribution is 2.40. The third-order valence-electron chi connectivity index (χ3n) is 4.92. The van der Waals surface area contributed by atoms with Crippen molar-refractivity contribution in [2.75, 3.05) is 18.5 Å². The molecule has 7 nitrogen and oxygen atoms in total. The lowest BCUT2D eigenvalue weighted by molar-refractivity contribution is 0.0691. The van der Waals surface area contributed by atoms with Gasteiger partial charge in [0.1, 0.15) is 0 Å². The van der Waals surface area contributed by atoms with E-state index in [-0.39, 0.29) is 17.6 Å². The molecule has 7 heteroatoms. The lowest BCUT2D eigenvalue weighted by Gasteiger charge is -2.22. The van der Waals surface area contributed by atoms with E-state index in [4.69, 9.17) is 9.47 Å². The molecule has 1 aliphatic heterocycles. The zero-order chi connectivity index (χ0) is 20.4. The molecule has 1 saturated carbocycles.